The molecule has 120 valence electrons. The lowest BCUT2D eigenvalue weighted by Gasteiger charge is -2.28. The van der Waals surface area contributed by atoms with Gasteiger partial charge in [0.15, 0.2) is 0 Å². The summed E-state index contributed by atoms with van der Waals surface area (Å²) in [5.41, 5.74) is 0.550. The minimum Gasteiger partial charge on any atom is -0.465 e. The first-order valence-corrected chi connectivity index (χ1v) is 8.19. The number of carbonyl (C=O) groups excluding carboxylic acids is 1. The number of pyridine rings is 1. The molecule has 2 amide bonds. The largest absolute Gasteiger partial charge is 0.465 e. The Hall–Kier alpha value is -1.63. The van der Waals surface area contributed by atoms with Crippen LogP contribution in [0.5, 0.6) is 0 Å². The number of hydrogen-bond acceptors (Lipinski definition) is 3. The monoisotopic (exact) mass is 369 g/mol. The summed E-state index contributed by atoms with van der Waals surface area (Å²) in [7, 11) is 0. The van der Waals surface area contributed by atoms with Gasteiger partial charge < -0.3 is 15.7 Å². The number of amides is 2. The van der Waals surface area contributed by atoms with Gasteiger partial charge in [-0.3, -0.25) is 9.78 Å². The third-order valence-corrected chi connectivity index (χ3v) is 4.46. The molecule has 1 aromatic rings. The van der Waals surface area contributed by atoms with E-state index in [4.69, 9.17) is 5.11 Å². The first-order valence-electron chi connectivity index (χ1n) is 7.40. The molecule has 0 saturated heterocycles. The van der Waals surface area contributed by atoms with Gasteiger partial charge in [0.05, 0.1) is 5.56 Å². The minimum atomic E-state index is -0.961. The Bertz CT molecular complexity index is 531. The quantitative estimate of drug-likeness (QED) is 0.743. The van der Waals surface area contributed by atoms with Crippen molar-refractivity contribution in [3.8, 4) is 0 Å². The second-order valence-corrected chi connectivity index (χ2v) is 6.59. The highest BCUT2D eigenvalue weighted by atomic mass is 79.9. The fourth-order valence-electron chi connectivity index (χ4n) is 2.75. The van der Waals surface area contributed by atoms with Crippen LogP contribution in [-0.4, -0.2) is 35.2 Å². The standard InChI is InChI=1S/C15H20BrN3O3/c16-13-5-12(8-17-9-13)14(20)18-6-10-1-3-11(4-2-10)7-19-15(21)22/h5,8-11,19H,1-4,6-7H2,(H,18,20)(H,21,22). The van der Waals surface area contributed by atoms with E-state index in [9.17, 15) is 9.59 Å². The molecule has 0 aromatic carbocycles. The van der Waals surface area contributed by atoms with E-state index in [0.717, 1.165) is 30.2 Å². The number of rotatable bonds is 5. The third kappa shape index (κ3) is 5.29. The summed E-state index contributed by atoms with van der Waals surface area (Å²) in [6, 6.07) is 1.75. The van der Waals surface area contributed by atoms with E-state index in [1.807, 2.05) is 0 Å². The van der Waals surface area contributed by atoms with E-state index < -0.39 is 6.09 Å². The SMILES string of the molecule is O=C(O)NCC1CCC(CNC(=O)c2cncc(Br)c2)CC1. The van der Waals surface area contributed by atoms with Crippen LogP contribution in [-0.2, 0) is 0 Å². The Morgan fingerprint density at radius 2 is 1.73 bits per heavy atom. The fourth-order valence-corrected chi connectivity index (χ4v) is 3.11. The van der Waals surface area contributed by atoms with Gasteiger partial charge in [-0.15, -0.1) is 0 Å². The van der Waals surface area contributed by atoms with Crippen molar-refractivity contribution in [2.75, 3.05) is 13.1 Å². The van der Waals surface area contributed by atoms with E-state index in [1.165, 1.54) is 0 Å². The van der Waals surface area contributed by atoms with Gasteiger partial charge in [0, 0.05) is 30.0 Å². The van der Waals surface area contributed by atoms with Crippen molar-refractivity contribution in [3.63, 3.8) is 0 Å². The van der Waals surface area contributed by atoms with Crippen LogP contribution in [0.1, 0.15) is 36.0 Å². The van der Waals surface area contributed by atoms with E-state index in [0.29, 0.717) is 30.5 Å². The van der Waals surface area contributed by atoms with Gasteiger partial charge in [-0.1, -0.05) is 0 Å². The summed E-state index contributed by atoms with van der Waals surface area (Å²) < 4.78 is 0.784. The molecule has 3 N–H and O–H groups in total. The summed E-state index contributed by atoms with van der Waals surface area (Å²) in [5, 5.41) is 14.0. The molecule has 7 heteroatoms. The van der Waals surface area contributed by atoms with Gasteiger partial charge in [-0.05, 0) is 59.5 Å². The average molecular weight is 370 g/mol. The van der Waals surface area contributed by atoms with Crippen LogP contribution in [0.4, 0.5) is 4.79 Å². The number of nitrogens with one attached hydrogen (secondary N) is 2. The predicted molar refractivity (Wildman–Crippen MR) is 85.7 cm³/mol. The van der Waals surface area contributed by atoms with Crippen LogP contribution in [0.2, 0.25) is 0 Å². The third-order valence-electron chi connectivity index (χ3n) is 4.03. The molecule has 1 heterocycles. The smallest absolute Gasteiger partial charge is 0.404 e. The number of halogens is 1. The molecule has 0 atom stereocenters. The lowest BCUT2D eigenvalue weighted by Crippen LogP contribution is -2.34. The first kappa shape index (κ1) is 16.7. The lowest BCUT2D eigenvalue weighted by atomic mass is 9.82. The first-order chi connectivity index (χ1) is 10.5. The lowest BCUT2D eigenvalue weighted by molar-refractivity contribution is 0.0940. The van der Waals surface area contributed by atoms with Crippen LogP contribution in [0.15, 0.2) is 22.9 Å². The number of aromatic nitrogens is 1. The average Bonchev–Trinajstić information content (AvgIpc) is 2.51. The molecule has 0 unspecified atom stereocenters. The highest BCUT2D eigenvalue weighted by Crippen LogP contribution is 2.28. The van der Waals surface area contributed by atoms with Gasteiger partial charge in [-0.2, -0.15) is 0 Å². The molecule has 1 saturated carbocycles. The summed E-state index contributed by atoms with van der Waals surface area (Å²) in [4.78, 5) is 26.5. The number of carboxylic acid groups (broad SMARTS) is 1. The van der Waals surface area contributed by atoms with Gasteiger partial charge >= 0.3 is 6.09 Å². The number of nitrogens with zero attached hydrogens (tertiary/aromatic N) is 1. The number of carbonyl (C=O) groups is 2. The molecule has 0 spiro atoms. The Labute approximate surface area is 137 Å². The highest BCUT2D eigenvalue weighted by molar-refractivity contribution is 9.10. The summed E-state index contributed by atoms with van der Waals surface area (Å²) in [6.45, 7) is 1.18. The molecule has 1 aromatic heterocycles. The van der Waals surface area contributed by atoms with Crippen LogP contribution in [0, 0.1) is 11.8 Å². The molecule has 6 nitrogen and oxygen atoms in total. The van der Waals surface area contributed by atoms with E-state index in [-0.39, 0.29) is 5.91 Å². The van der Waals surface area contributed by atoms with Gasteiger partial charge in [0.1, 0.15) is 0 Å². The van der Waals surface area contributed by atoms with Gasteiger partial charge in [0.2, 0.25) is 0 Å². The second kappa shape index (κ2) is 8.12. The predicted octanol–water partition coefficient (Wildman–Crippen LogP) is 2.65. The van der Waals surface area contributed by atoms with Crippen molar-refractivity contribution in [1.82, 2.24) is 15.6 Å². The maximum absolute atomic E-state index is 12.0. The second-order valence-electron chi connectivity index (χ2n) is 5.67. The maximum Gasteiger partial charge on any atom is 0.404 e. The van der Waals surface area contributed by atoms with Crippen molar-refractivity contribution in [3.05, 3.63) is 28.5 Å². The molecule has 0 bridgehead atoms. The van der Waals surface area contributed by atoms with Crippen molar-refractivity contribution < 1.29 is 14.7 Å². The Kier molecular flexibility index (Phi) is 6.18. The number of hydrogen-bond donors (Lipinski definition) is 3. The zero-order valence-corrected chi connectivity index (χ0v) is 13.8. The molecule has 1 fully saturated rings. The van der Waals surface area contributed by atoms with E-state index >= 15 is 0 Å². The summed E-state index contributed by atoms with van der Waals surface area (Å²) >= 11 is 3.30. The molecule has 1 aliphatic carbocycles. The Morgan fingerprint density at radius 3 is 2.27 bits per heavy atom. The van der Waals surface area contributed by atoms with Crippen LogP contribution in [0.3, 0.4) is 0 Å². The zero-order valence-electron chi connectivity index (χ0n) is 12.2. The van der Waals surface area contributed by atoms with Crippen LogP contribution < -0.4 is 10.6 Å². The molecule has 22 heavy (non-hydrogen) atoms. The van der Waals surface area contributed by atoms with Crippen molar-refractivity contribution in [1.29, 1.82) is 0 Å². The molecule has 0 radical (unpaired) electrons. The summed E-state index contributed by atoms with van der Waals surface area (Å²) in [5.74, 6) is 0.769. The van der Waals surface area contributed by atoms with Crippen molar-refractivity contribution in [2.24, 2.45) is 11.8 Å². The minimum absolute atomic E-state index is 0.108. The van der Waals surface area contributed by atoms with Gasteiger partial charge in [0.25, 0.3) is 5.91 Å². The zero-order chi connectivity index (χ0) is 15.9. The van der Waals surface area contributed by atoms with Crippen LogP contribution >= 0.6 is 15.9 Å². The van der Waals surface area contributed by atoms with Crippen molar-refractivity contribution in [2.45, 2.75) is 25.7 Å². The Morgan fingerprint density at radius 1 is 1.14 bits per heavy atom. The van der Waals surface area contributed by atoms with Gasteiger partial charge in [-0.25, -0.2) is 4.79 Å². The molecular weight excluding hydrogens is 350 g/mol. The summed E-state index contributed by atoms with van der Waals surface area (Å²) in [6.07, 6.45) is 6.26. The topological polar surface area (TPSA) is 91.3 Å². The van der Waals surface area contributed by atoms with Crippen LogP contribution in [0.25, 0.3) is 0 Å². The van der Waals surface area contributed by atoms with E-state index in [2.05, 4.69) is 31.5 Å². The molecule has 2 rings (SSSR count). The fraction of sp³-hybridized carbons (Fsp3) is 0.533. The van der Waals surface area contributed by atoms with E-state index in [1.54, 1.807) is 18.5 Å². The molecule has 0 aliphatic heterocycles. The Balaban J connectivity index is 1.70. The normalized spacial score (nSPS) is 21.1. The maximum atomic E-state index is 12.0. The molecule has 1 aliphatic rings. The highest BCUT2D eigenvalue weighted by Gasteiger charge is 2.22. The molecular formula is C15H20BrN3O3. The van der Waals surface area contributed by atoms with Crippen molar-refractivity contribution >= 4 is 27.9 Å².